The van der Waals surface area contributed by atoms with Gasteiger partial charge in [0.2, 0.25) is 0 Å². The van der Waals surface area contributed by atoms with Crippen LogP contribution in [0.2, 0.25) is 5.02 Å². The Bertz CT molecular complexity index is 424. The Morgan fingerprint density at radius 1 is 1.56 bits per heavy atom. The van der Waals surface area contributed by atoms with Gasteiger partial charge in [-0.15, -0.1) is 12.3 Å². The number of hydrogen-bond acceptors (Lipinski definition) is 2. The summed E-state index contributed by atoms with van der Waals surface area (Å²) in [5.74, 6) is 2.05. The van der Waals surface area contributed by atoms with E-state index in [0.717, 1.165) is 0 Å². The van der Waals surface area contributed by atoms with Gasteiger partial charge in [-0.3, -0.25) is 4.79 Å². The first-order valence-corrected chi connectivity index (χ1v) is 5.23. The largest absolute Gasteiger partial charge is 0.507 e. The number of carbonyl (C=O) groups is 1. The number of unbranched alkanes of at least 4 members (excludes halogenated alkanes) is 1. The summed E-state index contributed by atoms with van der Waals surface area (Å²) in [4.78, 5) is 11.6. The van der Waals surface area contributed by atoms with Gasteiger partial charge in [0.15, 0.2) is 0 Å². The van der Waals surface area contributed by atoms with Crippen molar-refractivity contribution in [3.63, 3.8) is 0 Å². The summed E-state index contributed by atoms with van der Waals surface area (Å²) in [6.45, 7) is 0.481. The van der Waals surface area contributed by atoms with Crippen LogP contribution in [0.15, 0.2) is 18.2 Å². The summed E-state index contributed by atoms with van der Waals surface area (Å²) in [6, 6.07) is 4.33. The van der Waals surface area contributed by atoms with Crippen molar-refractivity contribution in [2.24, 2.45) is 0 Å². The molecule has 3 nitrogen and oxygen atoms in total. The number of hydrogen-bond donors (Lipinski definition) is 2. The third-order valence-electron chi connectivity index (χ3n) is 1.99. The quantitative estimate of drug-likeness (QED) is 0.623. The minimum Gasteiger partial charge on any atom is -0.507 e. The van der Waals surface area contributed by atoms with Gasteiger partial charge in [0.05, 0.1) is 5.56 Å². The van der Waals surface area contributed by atoms with E-state index in [2.05, 4.69) is 11.2 Å². The zero-order chi connectivity index (χ0) is 12.0. The molecule has 0 spiro atoms. The maximum atomic E-state index is 11.6. The average molecular weight is 238 g/mol. The van der Waals surface area contributed by atoms with Gasteiger partial charge in [0.1, 0.15) is 5.75 Å². The van der Waals surface area contributed by atoms with E-state index in [-0.39, 0.29) is 17.2 Å². The number of carbonyl (C=O) groups excluding carboxylic acids is 1. The molecular formula is C12H12ClNO2. The molecule has 16 heavy (non-hydrogen) atoms. The number of benzene rings is 1. The molecule has 1 aromatic rings. The second kappa shape index (κ2) is 6.04. The highest BCUT2D eigenvalue weighted by molar-refractivity contribution is 6.31. The topological polar surface area (TPSA) is 49.3 Å². The molecule has 0 unspecified atom stereocenters. The van der Waals surface area contributed by atoms with Crippen molar-refractivity contribution >= 4 is 17.5 Å². The zero-order valence-corrected chi connectivity index (χ0v) is 9.42. The molecule has 0 aliphatic heterocycles. The van der Waals surface area contributed by atoms with Crippen LogP contribution in [0.4, 0.5) is 0 Å². The van der Waals surface area contributed by atoms with E-state index < -0.39 is 0 Å². The Labute approximate surface area is 99.4 Å². The van der Waals surface area contributed by atoms with Crippen molar-refractivity contribution in [3.05, 3.63) is 28.8 Å². The van der Waals surface area contributed by atoms with E-state index >= 15 is 0 Å². The highest BCUT2D eigenvalue weighted by atomic mass is 35.5. The summed E-state index contributed by atoms with van der Waals surface area (Å²) >= 11 is 5.73. The zero-order valence-electron chi connectivity index (χ0n) is 8.66. The molecule has 1 amide bonds. The van der Waals surface area contributed by atoms with E-state index in [4.69, 9.17) is 18.0 Å². The first-order chi connectivity index (χ1) is 7.65. The van der Waals surface area contributed by atoms with Crippen LogP contribution in [0.25, 0.3) is 0 Å². The Balaban J connectivity index is 2.59. The van der Waals surface area contributed by atoms with Gasteiger partial charge in [-0.1, -0.05) is 11.6 Å². The first kappa shape index (κ1) is 12.4. The lowest BCUT2D eigenvalue weighted by Gasteiger charge is -2.06. The molecule has 0 heterocycles. The van der Waals surface area contributed by atoms with Gasteiger partial charge >= 0.3 is 0 Å². The highest BCUT2D eigenvalue weighted by Crippen LogP contribution is 2.21. The number of halogens is 1. The summed E-state index contributed by atoms with van der Waals surface area (Å²) in [5, 5.41) is 12.5. The molecule has 0 fully saturated rings. The molecular weight excluding hydrogens is 226 g/mol. The van der Waals surface area contributed by atoms with Crippen molar-refractivity contribution in [1.82, 2.24) is 5.32 Å². The number of nitrogens with one attached hydrogen (secondary N) is 1. The van der Waals surface area contributed by atoms with Crippen LogP contribution in [-0.4, -0.2) is 17.6 Å². The molecule has 1 aromatic carbocycles. The highest BCUT2D eigenvalue weighted by Gasteiger charge is 2.10. The van der Waals surface area contributed by atoms with Gasteiger partial charge in [0, 0.05) is 18.0 Å². The molecule has 0 aromatic heterocycles. The van der Waals surface area contributed by atoms with E-state index in [0.29, 0.717) is 24.4 Å². The smallest absolute Gasteiger partial charge is 0.255 e. The van der Waals surface area contributed by atoms with Gasteiger partial charge < -0.3 is 10.4 Å². The van der Waals surface area contributed by atoms with Crippen LogP contribution in [-0.2, 0) is 0 Å². The fourth-order valence-corrected chi connectivity index (χ4v) is 1.35. The second-order valence-electron chi connectivity index (χ2n) is 3.23. The number of rotatable bonds is 4. The molecule has 4 heteroatoms. The summed E-state index contributed by atoms with van der Waals surface area (Å²) < 4.78 is 0. The van der Waals surface area contributed by atoms with Gasteiger partial charge in [0.25, 0.3) is 5.91 Å². The van der Waals surface area contributed by atoms with Crippen LogP contribution in [0.5, 0.6) is 5.75 Å². The van der Waals surface area contributed by atoms with E-state index in [1.54, 1.807) is 0 Å². The number of terminal acetylenes is 1. The second-order valence-corrected chi connectivity index (χ2v) is 3.66. The Kier molecular flexibility index (Phi) is 4.68. The lowest BCUT2D eigenvalue weighted by atomic mass is 10.2. The lowest BCUT2D eigenvalue weighted by molar-refractivity contribution is 0.0950. The van der Waals surface area contributed by atoms with Crippen molar-refractivity contribution < 1.29 is 9.90 Å². The molecule has 0 aliphatic carbocycles. The molecule has 0 saturated heterocycles. The monoisotopic (exact) mass is 237 g/mol. The number of phenolic OH excluding ortho intramolecular Hbond substituents is 1. The molecule has 0 atom stereocenters. The SMILES string of the molecule is C#CCCCNC(=O)c1cc(Cl)ccc1O. The van der Waals surface area contributed by atoms with E-state index in [1.165, 1.54) is 18.2 Å². The fraction of sp³-hybridized carbons (Fsp3) is 0.250. The van der Waals surface area contributed by atoms with Crippen LogP contribution in [0, 0.1) is 12.3 Å². The normalized spacial score (nSPS) is 9.50. The summed E-state index contributed by atoms with van der Waals surface area (Å²) in [7, 11) is 0. The van der Waals surface area contributed by atoms with E-state index in [1.807, 2.05) is 0 Å². The molecule has 1 rings (SSSR count). The van der Waals surface area contributed by atoms with Crippen LogP contribution >= 0.6 is 11.6 Å². The molecule has 2 N–H and O–H groups in total. The minimum atomic E-state index is -0.350. The molecule has 84 valence electrons. The average Bonchev–Trinajstić information content (AvgIpc) is 2.27. The maximum absolute atomic E-state index is 11.6. The molecule has 0 radical (unpaired) electrons. The number of phenols is 1. The van der Waals surface area contributed by atoms with Crippen LogP contribution in [0.1, 0.15) is 23.2 Å². The van der Waals surface area contributed by atoms with Crippen molar-refractivity contribution in [3.8, 4) is 18.1 Å². The third kappa shape index (κ3) is 3.48. The van der Waals surface area contributed by atoms with Crippen molar-refractivity contribution in [2.45, 2.75) is 12.8 Å². The van der Waals surface area contributed by atoms with E-state index in [9.17, 15) is 9.90 Å². The third-order valence-corrected chi connectivity index (χ3v) is 2.22. The predicted molar refractivity (Wildman–Crippen MR) is 63.5 cm³/mol. The van der Waals surface area contributed by atoms with Gasteiger partial charge in [-0.05, 0) is 24.6 Å². The fourth-order valence-electron chi connectivity index (χ4n) is 1.18. The maximum Gasteiger partial charge on any atom is 0.255 e. The summed E-state index contributed by atoms with van der Waals surface area (Å²) in [6.07, 6.45) is 6.41. The van der Waals surface area contributed by atoms with Gasteiger partial charge in [-0.25, -0.2) is 0 Å². The summed E-state index contributed by atoms with van der Waals surface area (Å²) in [5.41, 5.74) is 0.174. The number of amides is 1. The van der Waals surface area contributed by atoms with Crippen molar-refractivity contribution in [1.29, 1.82) is 0 Å². The van der Waals surface area contributed by atoms with Crippen LogP contribution in [0.3, 0.4) is 0 Å². The lowest BCUT2D eigenvalue weighted by Crippen LogP contribution is -2.24. The van der Waals surface area contributed by atoms with Crippen LogP contribution < -0.4 is 5.32 Å². The Hall–Kier alpha value is -1.66. The standard InChI is InChI=1S/C12H12ClNO2/c1-2-3-4-7-14-12(16)10-8-9(13)5-6-11(10)15/h1,5-6,8,15H,3-4,7H2,(H,14,16). The Morgan fingerprint density at radius 2 is 2.31 bits per heavy atom. The van der Waals surface area contributed by atoms with Crippen molar-refractivity contribution in [2.75, 3.05) is 6.54 Å². The Morgan fingerprint density at radius 3 is 3.00 bits per heavy atom. The molecule has 0 bridgehead atoms. The first-order valence-electron chi connectivity index (χ1n) is 4.85. The number of aromatic hydroxyl groups is 1. The molecule has 0 saturated carbocycles. The minimum absolute atomic E-state index is 0.0844. The van der Waals surface area contributed by atoms with Gasteiger partial charge in [-0.2, -0.15) is 0 Å². The predicted octanol–water partition coefficient (Wildman–Crippen LogP) is 2.19. The molecule has 0 aliphatic rings.